The first-order valence-electron chi connectivity index (χ1n) is 14.6. The molecule has 1 saturated heterocycles. The third kappa shape index (κ3) is 7.99. The van der Waals surface area contributed by atoms with E-state index in [1.165, 1.54) is 54.8 Å². The molecule has 0 atom stereocenters. The van der Waals surface area contributed by atoms with Crippen LogP contribution >= 0.6 is 22.7 Å². The number of nitrogens with zero attached hydrogens (tertiary/aromatic N) is 1. The van der Waals surface area contributed by atoms with Crippen LogP contribution in [0.25, 0.3) is 21.9 Å². The number of benzene rings is 3. The number of fused-ring (bicyclic) bond motifs is 1. The third-order valence-corrected chi connectivity index (χ3v) is 9.39. The van der Waals surface area contributed by atoms with Gasteiger partial charge in [0.05, 0.1) is 7.11 Å². The van der Waals surface area contributed by atoms with Gasteiger partial charge in [-0.25, -0.2) is 0 Å². The quantitative estimate of drug-likeness (QED) is 0.170. The molecular weight excluding hydrogens is 577 g/mol. The molecule has 6 nitrogen and oxygen atoms in total. The molecule has 1 aliphatic rings. The Labute approximate surface area is 262 Å². The van der Waals surface area contributed by atoms with E-state index in [0.29, 0.717) is 12.1 Å². The van der Waals surface area contributed by atoms with Gasteiger partial charge in [-0.15, -0.1) is 11.3 Å². The number of piperidine rings is 1. The van der Waals surface area contributed by atoms with Crippen LogP contribution in [0.5, 0.6) is 23.0 Å². The predicted octanol–water partition coefficient (Wildman–Crippen LogP) is 7.28. The van der Waals surface area contributed by atoms with Gasteiger partial charge in [0, 0.05) is 22.4 Å². The van der Waals surface area contributed by atoms with Crippen molar-refractivity contribution < 1.29 is 24.3 Å². The van der Waals surface area contributed by atoms with Crippen molar-refractivity contribution in [2.45, 2.75) is 33.1 Å². The number of rotatable bonds is 9. The number of thiophene rings is 2. The van der Waals surface area contributed by atoms with Gasteiger partial charge in [-0.1, -0.05) is 18.6 Å². The fraction of sp³-hybridized carbons (Fsp3) is 0.294. The molecule has 3 aromatic carbocycles. The minimum atomic E-state index is -1.31. The molecule has 224 valence electrons. The number of likely N-dealkylation sites (tertiary alicyclic amines) is 1. The molecule has 3 heterocycles. The summed E-state index contributed by atoms with van der Waals surface area (Å²) in [7, 11) is 0.383. The SMILES string of the molecule is COc1ccc2c(Oc3ccc(OCCN4CCCCC4)cc3)c(-c3cscc3C)ccc2c1.Cc1sccc1B(O)O. The van der Waals surface area contributed by atoms with Crippen molar-refractivity contribution in [1.82, 2.24) is 4.90 Å². The van der Waals surface area contributed by atoms with E-state index in [1.54, 1.807) is 24.5 Å². The Morgan fingerprint density at radius 2 is 1.58 bits per heavy atom. The first-order valence-corrected chi connectivity index (χ1v) is 16.4. The lowest BCUT2D eigenvalue weighted by molar-refractivity contribution is 0.183. The highest BCUT2D eigenvalue weighted by Gasteiger charge is 2.16. The summed E-state index contributed by atoms with van der Waals surface area (Å²) in [4.78, 5) is 3.45. The van der Waals surface area contributed by atoms with Crippen LogP contribution in [0.4, 0.5) is 0 Å². The van der Waals surface area contributed by atoms with E-state index < -0.39 is 7.12 Å². The van der Waals surface area contributed by atoms with Gasteiger partial charge >= 0.3 is 7.12 Å². The molecule has 1 aliphatic heterocycles. The van der Waals surface area contributed by atoms with Gasteiger partial charge in [-0.3, -0.25) is 4.90 Å². The Bertz CT molecular complexity index is 1610. The van der Waals surface area contributed by atoms with Crippen LogP contribution < -0.4 is 19.7 Å². The van der Waals surface area contributed by atoms with Crippen LogP contribution in [0.15, 0.2) is 76.8 Å². The standard InChI is InChI=1S/C29H31NO3S.C5H7BO2S/c1-21-19-34-20-28(21)27-12-6-22-18-25(31-2)11-13-26(22)29(27)33-24-9-7-23(8-10-24)32-17-16-30-14-4-3-5-15-30;1-4-5(6(7)8)2-3-9-4/h6-13,18-20H,3-5,14-17H2,1-2H3;2-3,7-8H,1H3. The molecule has 0 aliphatic carbocycles. The minimum absolute atomic E-state index is 0.611. The highest BCUT2D eigenvalue weighted by Crippen LogP contribution is 2.42. The first kappa shape index (κ1) is 31.1. The number of ether oxygens (including phenoxy) is 3. The molecule has 6 rings (SSSR count). The molecule has 1 fully saturated rings. The summed E-state index contributed by atoms with van der Waals surface area (Å²) >= 11 is 3.22. The monoisotopic (exact) mass is 615 g/mol. The molecule has 0 spiro atoms. The molecule has 0 unspecified atom stereocenters. The van der Waals surface area contributed by atoms with Crippen molar-refractivity contribution in [3.63, 3.8) is 0 Å². The number of hydrogen-bond donors (Lipinski definition) is 2. The Hall–Kier alpha value is -3.34. The molecule has 0 radical (unpaired) electrons. The second-order valence-corrected chi connectivity index (χ2v) is 12.5. The largest absolute Gasteiger partial charge is 0.497 e. The van der Waals surface area contributed by atoms with E-state index in [9.17, 15) is 0 Å². The number of methoxy groups -OCH3 is 1. The zero-order chi connectivity index (χ0) is 30.2. The maximum Gasteiger partial charge on any atom is 0.489 e. The van der Waals surface area contributed by atoms with Gasteiger partial charge in [-0.2, -0.15) is 11.3 Å². The molecule has 0 bridgehead atoms. The van der Waals surface area contributed by atoms with E-state index in [4.69, 9.17) is 24.3 Å². The van der Waals surface area contributed by atoms with Crippen molar-refractivity contribution in [3.05, 3.63) is 87.2 Å². The van der Waals surface area contributed by atoms with Crippen LogP contribution in [0.1, 0.15) is 29.7 Å². The maximum absolute atomic E-state index is 8.66. The minimum Gasteiger partial charge on any atom is -0.497 e. The topological polar surface area (TPSA) is 71.4 Å². The zero-order valence-corrected chi connectivity index (χ0v) is 26.5. The fourth-order valence-corrected chi connectivity index (χ4v) is 6.80. The lowest BCUT2D eigenvalue weighted by atomic mass is 9.81. The number of aryl methyl sites for hydroxylation is 2. The van der Waals surface area contributed by atoms with Crippen LogP contribution in [0, 0.1) is 13.8 Å². The molecule has 2 aromatic heterocycles. The summed E-state index contributed by atoms with van der Waals surface area (Å²) in [5.74, 6) is 3.37. The van der Waals surface area contributed by atoms with E-state index in [2.05, 4.69) is 40.8 Å². The second-order valence-electron chi connectivity index (χ2n) is 10.6. The summed E-state index contributed by atoms with van der Waals surface area (Å²) in [6.07, 6.45) is 3.97. The van der Waals surface area contributed by atoms with Crippen molar-refractivity contribution in [3.8, 4) is 34.1 Å². The fourth-order valence-electron chi connectivity index (χ4n) is 5.22. The molecule has 5 aromatic rings. The van der Waals surface area contributed by atoms with Gasteiger partial charge in [-0.05, 0) is 126 Å². The predicted molar refractivity (Wildman–Crippen MR) is 180 cm³/mol. The van der Waals surface area contributed by atoms with E-state index in [1.807, 2.05) is 48.7 Å². The van der Waals surface area contributed by atoms with Crippen molar-refractivity contribution in [1.29, 1.82) is 0 Å². The van der Waals surface area contributed by atoms with E-state index in [0.717, 1.165) is 50.8 Å². The zero-order valence-electron chi connectivity index (χ0n) is 24.9. The van der Waals surface area contributed by atoms with Crippen LogP contribution in [0.3, 0.4) is 0 Å². The van der Waals surface area contributed by atoms with E-state index in [-0.39, 0.29) is 0 Å². The van der Waals surface area contributed by atoms with Crippen LogP contribution in [0.2, 0.25) is 0 Å². The average Bonchev–Trinajstić information content (AvgIpc) is 3.66. The lowest BCUT2D eigenvalue weighted by Gasteiger charge is -2.26. The van der Waals surface area contributed by atoms with Crippen LogP contribution in [-0.4, -0.2) is 55.4 Å². The molecular formula is C34H38BNO5S2. The Kier molecular flexibility index (Phi) is 10.8. The molecule has 9 heteroatoms. The van der Waals surface area contributed by atoms with E-state index >= 15 is 0 Å². The van der Waals surface area contributed by atoms with Gasteiger partial charge < -0.3 is 24.3 Å². The molecule has 43 heavy (non-hydrogen) atoms. The summed E-state index contributed by atoms with van der Waals surface area (Å²) < 4.78 is 18.0. The van der Waals surface area contributed by atoms with Gasteiger partial charge in [0.25, 0.3) is 0 Å². The highest BCUT2D eigenvalue weighted by molar-refractivity contribution is 7.11. The molecule has 0 saturated carbocycles. The van der Waals surface area contributed by atoms with Gasteiger partial charge in [0.2, 0.25) is 0 Å². The summed E-state index contributed by atoms with van der Waals surface area (Å²) in [6.45, 7) is 8.09. The summed E-state index contributed by atoms with van der Waals surface area (Å²) in [5, 5.41) is 25.7. The van der Waals surface area contributed by atoms with Gasteiger partial charge in [0.15, 0.2) is 0 Å². The molecule has 0 amide bonds. The van der Waals surface area contributed by atoms with Crippen molar-refractivity contribution >= 4 is 46.0 Å². The first-order chi connectivity index (χ1) is 20.9. The van der Waals surface area contributed by atoms with Crippen LogP contribution in [-0.2, 0) is 0 Å². The average molecular weight is 616 g/mol. The Morgan fingerprint density at radius 1 is 0.837 bits per heavy atom. The maximum atomic E-state index is 8.66. The Morgan fingerprint density at radius 3 is 2.21 bits per heavy atom. The normalized spacial score (nSPS) is 13.3. The van der Waals surface area contributed by atoms with Crippen molar-refractivity contribution in [2.75, 3.05) is 33.4 Å². The Balaban J connectivity index is 0.000000351. The van der Waals surface area contributed by atoms with Crippen molar-refractivity contribution in [2.24, 2.45) is 0 Å². The molecule has 2 N–H and O–H groups in total. The number of hydrogen-bond acceptors (Lipinski definition) is 8. The van der Waals surface area contributed by atoms with Gasteiger partial charge in [0.1, 0.15) is 29.6 Å². The summed E-state index contributed by atoms with van der Waals surface area (Å²) in [6, 6.07) is 20.1. The lowest BCUT2D eigenvalue weighted by Crippen LogP contribution is -2.33. The summed E-state index contributed by atoms with van der Waals surface area (Å²) in [5.41, 5.74) is 4.16. The second kappa shape index (κ2) is 14.9. The smallest absolute Gasteiger partial charge is 0.489 e. The third-order valence-electron chi connectivity index (χ3n) is 7.67. The highest BCUT2D eigenvalue weighted by atomic mass is 32.1.